The molecule has 1 amide bonds. The van der Waals surface area contributed by atoms with Crippen LogP contribution in [0.5, 0.6) is 0 Å². The van der Waals surface area contributed by atoms with Crippen LogP contribution >= 0.6 is 11.6 Å². The van der Waals surface area contributed by atoms with Crippen molar-refractivity contribution in [3.05, 3.63) is 23.1 Å². The van der Waals surface area contributed by atoms with Crippen molar-refractivity contribution in [1.82, 2.24) is 5.32 Å². The molecule has 1 aromatic heterocycles. The van der Waals surface area contributed by atoms with Crippen molar-refractivity contribution in [2.24, 2.45) is 0 Å². The van der Waals surface area contributed by atoms with Gasteiger partial charge in [-0.2, -0.15) is 0 Å². The molecule has 0 saturated carbocycles. The van der Waals surface area contributed by atoms with Crippen molar-refractivity contribution < 1.29 is 18.7 Å². The highest BCUT2D eigenvalue weighted by molar-refractivity contribution is 6.29. The largest absolute Gasteiger partial charge is 0.440 e. The molecule has 1 aromatic rings. The molecule has 0 bridgehead atoms. The highest BCUT2D eigenvalue weighted by Crippen LogP contribution is 2.13. The number of nitrogens with one attached hydrogen (secondary N) is 1. The molecule has 1 aliphatic heterocycles. The van der Waals surface area contributed by atoms with Gasteiger partial charge in [0.05, 0.1) is 12.7 Å². The fraction of sp³-hybridized carbons (Fsp3) is 0.615. The molecule has 1 N–H and O–H groups in total. The number of hydrogen-bond donors (Lipinski definition) is 1. The van der Waals surface area contributed by atoms with Crippen LogP contribution in [0.15, 0.2) is 16.5 Å². The zero-order valence-electron chi connectivity index (χ0n) is 10.7. The summed E-state index contributed by atoms with van der Waals surface area (Å²) in [5.41, 5.74) is 0. The van der Waals surface area contributed by atoms with Gasteiger partial charge in [0, 0.05) is 19.8 Å². The Balaban J connectivity index is 1.50. The molecule has 0 aromatic carbocycles. The van der Waals surface area contributed by atoms with E-state index in [1.54, 1.807) is 12.1 Å². The molecule has 6 heteroatoms. The Morgan fingerprint density at radius 1 is 1.53 bits per heavy atom. The highest BCUT2D eigenvalue weighted by Gasteiger charge is 2.15. The van der Waals surface area contributed by atoms with E-state index in [0.717, 1.165) is 25.9 Å². The Hall–Kier alpha value is -1.04. The number of furan rings is 1. The molecule has 0 unspecified atom stereocenters. The van der Waals surface area contributed by atoms with Crippen molar-refractivity contribution in [3.8, 4) is 0 Å². The lowest BCUT2D eigenvalue weighted by Crippen LogP contribution is -2.25. The Morgan fingerprint density at radius 3 is 3.11 bits per heavy atom. The molecule has 1 atom stereocenters. The van der Waals surface area contributed by atoms with E-state index in [2.05, 4.69) is 5.32 Å². The first kappa shape index (κ1) is 14.4. The van der Waals surface area contributed by atoms with Crippen LogP contribution in [0.1, 0.15) is 29.8 Å². The summed E-state index contributed by atoms with van der Waals surface area (Å²) in [6, 6.07) is 3.09. The molecule has 2 rings (SSSR count). The third-order valence-electron chi connectivity index (χ3n) is 2.88. The van der Waals surface area contributed by atoms with E-state index in [4.69, 9.17) is 25.5 Å². The van der Waals surface area contributed by atoms with Gasteiger partial charge >= 0.3 is 0 Å². The first-order valence-electron chi connectivity index (χ1n) is 6.48. The van der Waals surface area contributed by atoms with Gasteiger partial charge in [0.25, 0.3) is 5.91 Å². The maximum atomic E-state index is 11.6. The van der Waals surface area contributed by atoms with Crippen LogP contribution in [0.3, 0.4) is 0 Å². The van der Waals surface area contributed by atoms with Gasteiger partial charge in [-0.25, -0.2) is 0 Å². The summed E-state index contributed by atoms with van der Waals surface area (Å²) in [5.74, 6) is -0.0312. The molecule has 1 saturated heterocycles. The lowest BCUT2D eigenvalue weighted by Gasteiger charge is -2.10. The third kappa shape index (κ3) is 4.86. The summed E-state index contributed by atoms with van der Waals surface area (Å²) >= 11 is 5.59. The van der Waals surface area contributed by atoms with E-state index in [1.807, 2.05) is 0 Å². The minimum absolute atomic E-state index is 0.213. The number of ether oxygens (including phenoxy) is 2. The molecule has 1 fully saturated rings. The summed E-state index contributed by atoms with van der Waals surface area (Å²) in [6.45, 7) is 2.64. The molecule has 106 valence electrons. The third-order valence-corrected chi connectivity index (χ3v) is 3.08. The first-order valence-corrected chi connectivity index (χ1v) is 6.86. The molecular formula is C13H18ClNO4. The van der Waals surface area contributed by atoms with E-state index in [-0.39, 0.29) is 23.0 Å². The molecule has 0 radical (unpaired) electrons. The van der Waals surface area contributed by atoms with E-state index in [0.29, 0.717) is 19.8 Å². The number of carbonyl (C=O) groups is 1. The number of amides is 1. The lowest BCUT2D eigenvalue weighted by molar-refractivity contribution is 0.0166. The molecule has 2 heterocycles. The average molecular weight is 288 g/mol. The van der Waals surface area contributed by atoms with Crippen LogP contribution in [0.2, 0.25) is 5.22 Å². The topological polar surface area (TPSA) is 60.7 Å². The second kappa shape index (κ2) is 7.53. The minimum Gasteiger partial charge on any atom is -0.440 e. The van der Waals surface area contributed by atoms with Gasteiger partial charge < -0.3 is 19.2 Å². The molecule has 0 spiro atoms. The van der Waals surface area contributed by atoms with Crippen LogP contribution in [0, 0.1) is 0 Å². The average Bonchev–Trinajstić information content (AvgIpc) is 3.04. The standard InChI is InChI=1S/C13H18ClNO4/c14-12-5-4-11(19-12)13(16)15-6-2-7-17-9-10-3-1-8-18-10/h4-5,10H,1-3,6-9H2,(H,15,16)/t10-/m0/s1. The fourth-order valence-electron chi connectivity index (χ4n) is 1.89. The Kier molecular flexibility index (Phi) is 5.69. The van der Waals surface area contributed by atoms with Crippen LogP contribution < -0.4 is 5.32 Å². The number of halogens is 1. The Morgan fingerprint density at radius 2 is 2.42 bits per heavy atom. The lowest BCUT2D eigenvalue weighted by atomic mass is 10.2. The normalized spacial score (nSPS) is 18.7. The number of carbonyl (C=O) groups excluding carboxylic acids is 1. The van der Waals surface area contributed by atoms with Crippen LogP contribution in [0.4, 0.5) is 0 Å². The summed E-state index contributed by atoms with van der Waals surface area (Å²) in [7, 11) is 0. The van der Waals surface area contributed by atoms with Gasteiger partial charge in [-0.05, 0) is 43.0 Å². The van der Waals surface area contributed by atoms with Crippen LogP contribution in [0.25, 0.3) is 0 Å². The number of rotatable bonds is 7. The summed E-state index contributed by atoms with van der Waals surface area (Å²) in [4.78, 5) is 11.6. The summed E-state index contributed by atoms with van der Waals surface area (Å²) in [5, 5.41) is 2.95. The molecular weight excluding hydrogens is 270 g/mol. The SMILES string of the molecule is O=C(NCCCOC[C@@H]1CCCO1)c1ccc(Cl)o1. The predicted molar refractivity (Wildman–Crippen MR) is 70.5 cm³/mol. The maximum Gasteiger partial charge on any atom is 0.287 e. The van der Waals surface area contributed by atoms with Gasteiger partial charge in [0.2, 0.25) is 0 Å². The second-order valence-corrected chi connectivity index (χ2v) is 4.80. The molecule has 1 aliphatic rings. The van der Waals surface area contributed by atoms with Gasteiger partial charge in [-0.3, -0.25) is 4.79 Å². The van der Waals surface area contributed by atoms with Crippen molar-refractivity contribution in [2.45, 2.75) is 25.4 Å². The van der Waals surface area contributed by atoms with Crippen LogP contribution in [-0.2, 0) is 9.47 Å². The Bertz CT molecular complexity index is 401. The highest BCUT2D eigenvalue weighted by atomic mass is 35.5. The van der Waals surface area contributed by atoms with E-state index in [9.17, 15) is 4.79 Å². The number of hydrogen-bond acceptors (Lipinski definition) is 4. The fourth-order valence-corrected chi connectivity index (χ4v) is 2.04. The predicted octanol–water partition coefficient (Wildman–Crippen LogP) is 2.25. The van der Waals surface area contributed by atoms with Gasteiger partial charge in [-0.1, -0.05) is 0 Å². The van der Waals surface area contributed by atoms with E-state index >= 15 is 0 Å². The minimum atomic E-state index is -0.258. The van der Waals surface area contributed by atoms with Gasteiger partial charge in [0.15, 0.2) is 11.0 Å². The zero-order chi connectivity index (χ0) is 13.5. The molecule has 0 aliphatic carbocycles. The van der Waals surface area contributed by atoms with Crippen molar-refractivity contribution >= 4 is 17.5 Å². The van der Waals surface area contributed by atoms with Crippen molar-refractivity contribution in [1.29, 1.82) is 0 Å². The maximum absolute atomic E-state index is 11.6. The first-order chi connectivity index (χ1) is 9.25. The smallest absolute Gasteiger partial charge is 0.287 e. The van der Waals surface area contributed by atoms with Gasteiger partial charge in [-0.15, -0.1) is 0 Å². The Labute approximate surface area is 117 Å². The second-order valence-electron chi connectivity index (χ2n) is 4.42. The van der Waals surface area contributed by atoms with E-state index in [1.165, 1.54) is 0 Å². The molecule has 5 nitrogen and oxygen atoms in total. The summed E-state index contributed by atoms with van der Waals surface area (Å²) in [6.07, 6.45) is 3.21. The monoisotopic (exact) mass is 287 g/mol. The zero-order valence-corrected chi connectivity index (χ0v) is 11.4. The van der Waals surface area contributed by atoms with Crippen molar-refractivity contribution in [3.63, 3.8) is 0 Å². The molecule has 19 heavy (non-hydrogen) atoms. The van der Waals surface area contributed by atoms with Crippen molar-refractivity contribution in [2.75, 3.05) is 26.4 Å². The van der Waals surface area contributed by atoms with Crippen LogP contribution in [-0.4, -0.2) is 38.4 Å². The van der Waals surface area contributed by atoms with E-state index < -0.39 is 0 Å². The summed E-state index contributed by atoms with van der Waals surface area (Å²) < 4.78 is 15.9. The van der Waals surface area contributed by atoms with Gasteiger partial charge in [0.1, 0.15) is 0 Å². The quantitative estimate of drug-likeness (QED) is 0.782.